The number of hydrogen-bond acceptors (Lipinski definition) is 4. The molecule has 0 fully saturated rings. The van der Waals surface area contributed by atoms with E-state index in [0.717, 1.165) is 11.3 Å². The first kappa shape index (κ1) is 18.2. The Morgan fingerprint density at radius 1 is 1.00 bits per heavy atom. The molecular formula is C19H16Cl2N4O. The molecule has 1 heterocycles. The van der Waals surface area contributed by atoms with E-state index in [4.69, 9.17) is 23.2 Å². The second-order valence-corrected chi connectivity index (χ2v) is 6.41. The number of rotatable bonds is 6. The van der Waals surface area contributed by atoms with E-state index in [1.165, 1.54) is 6.20 Å². The zero-order valence-electron chi connectivity index (χ0n) is 13.7. The summed E-state index contributed by atoms with van der Waals surface area (Å²) in [7, 11) is 0. The Hall–Kier alpha value is -2.63. The highest BCUT2D eigenvalue weighted by molar-refractivity contribution is 6.31. The lowest BCUT2D eigenvalue weighted by molar-refractivity contribution is 0.0949. The number of hydrogen-bond donors (Lipinski definition) is 2. The predicted octanol–water partition coefficient (Wildman–Crippen LogP) is 4.50. The van der Waals surface area contributed by atoms with Crippen LogP contribution in [0.4, 0.5) is 11.6 Å². The van der Waals surface area contributed by atoms with Gasteiger partial charge in [-0.25, -0.2) is 9.97 Å². The second kappa shape index (κ2) is 8.65. The average Bonchev–Trinajstić information content (AvgIpc) is 2.63. The Kier molecular flexibility index (Phi) is 6.04. The SMILES string of the molecule is O=C(NCCc1ccc(Cl)cc1)c1ccnc(Nc2cccc(Cl)c2)n1. The van der Waals surface area contributed by atoms with Crippen LogP contribution in [-0.4, -0.2) is 22.4 Å². The molecule has 0 atom stereocenters. The van der Waals surface area contributed by atoms with E-state index in [9.17, 15) is 4.79 Å². The van der Waals surface area contributed by atoms with Crippen molar-refractivity contribution >= 4 is 40.7 Å². The summed E-state index contributed by atoms with van der Waals surface area (Å²) in [6.45, 7) is 0.502. The van der Waals surface area contributed by atoms with Gasteiger partial charge in [0.05, 0.1) is 0 Å². The third-order valence-corrected chi connectivity index (χ3v) is 4.07. The van der Waals surface area contributed by atoms with E-state index in [2.05, 4.69) is 20.6 Å². The first-order chi connectivity index (χ1) is 12.6. The van der Waals surface area contributed by atoms with Crippen LogP contribution in [0.3, 0.4) is 0 Å². The van der Waals surface area contributed by atoms with E-state index in [-0.39, 0.29) is 5.91 Å². The van der Waals surface area contributed by atoms with Gasteiger partial charge in [-0.15, -0.1) is 0 Å². The number of halogens is 2. The van der Waals surface area contributed by atoms with E-state index < -0.39 is 0 Å². The Morgan fingerprint density at radius 2 is 1.81 bits per heavy atom. The standard InChI is InChI=1S/C19H16Cl2N4O/c20-14-6-4-13(5-7-14)8-10-22-18(26)17-9-11-23-19(25-17)24-16-3-1-2-15(21)12-16/h1-7,9,11-12H,8,10H2,(H,22,26)(H,23,24,25). The number of carbonyl (C=O) groups is 1. The van der Waals surface area contributed by atoms with Gasteiger partial charge in [-0.2, -0.15) is 0 Å². The summed E-state index contributed by atoms with van der Waals surface area (Å²) in [5.74, 6) is 0.0770. The number of amides is 1. The van der Waals surface area contributed by atoms with Crippen molar-refractivity contribution in [2.45, 2.75) is 6.42 Å². The molecule has 0 radical (unpaired) electrons. The van der Waals surface area contributed by atoms with Crippen LogP contribution in [0.2, 0.25) is 10.0 Å². The maximum absolute atomic E-state index is 12.3. The summed E-state index contributed by atoms with van der Waals surface area (Å²) < 4.78 is 0. The molecule has 0 saturated heterocycles. The monoisotopic (exact) mass is 386 g/mol. The van der Waals surface area contributed by atoms with Gasteiger partial charge in [-0.05, 0) is 48.4 Å². The van der Waals surface area contributed by atoms with Crippen LogP contribution >= 0.6 is 23.2 Å². The maximum atomic E-state index is 12.3. The molecule has 132 valence electrons. The van der Waals surface area contributed by atoms with Crippen molar-refractivity contribution in [3.63, 3.8) is 0 Å². The molecule has 1 amide bonds. The van der Waals surface area contributed by atoms with Crippen LogP contribution in [0.25, 0.3) is 0 Å². The number of carbonyl (C=O) groups excluding carboxylic acids is 1. The van der Waals surface area contributed by atoms with Crippen molar-refractivity contribution in [1.29, 1.82) is 0 Å². The summed E-state index contributed by atoms with van der Waals surface area (Å²) in [6, 6.07) is 16.3. The fraction of sp³-hybridized carbons (Fsp3) is 0.105. The minimum Gasteiger partial charge on any atom is -0.350 e. The molecule has 2 aromatic carbocycles. The fourth-order valence-electron chi connectivity index (χ4n) is 2.30. The zero-order valence-corrected chi connectivity index (χ0v) is 15.3. The first-order valence-electron chi connectivity index (χ1n) is 7.98. The number of anilines is 2. The van der Waals surface area contributed by atoms with Gasteiger partial charge < -0.3 is 10.6 Å². The lowest BCUT2D eigenvalue weighted by Crippen LogP contribution is -2.26. The molecule has 26 heavy (non-hydrogen) atoms. The lowest BCUT2D eigenvalue weighted by Gasteiger charge is -2.08. The highest BCUT2D eigenvalue weighted by Crippen LogP contribution is 2.17. The first-order valence-corrected chi connectivity index (χ1v) is 8.74. The van der Waals surface area contributed by atoms with Crippen molar-refractivity contribution in [3.8, 4) is 0 Å². The second-order valence-electron chi connectivity index (χ2n) is 5.53. The molecule has 3 aromatic rings. The maximum Gasteiger partial charge on any atom is 0.270 e. The number of nitrogens with zero attached hydrogens (tertiary/aromatic N) is 2. The Bertz CT molecular complexity index is 900. The molecule has 0 aliphatic rings. The van der Waals surface area contributed by atoms with Crippen LogP contribution in [0, 0.1) is 0 Å². The van der Waals surface area contributed by atoms with Crippen molar-refractivity contribution in [1.82, 2.24) is 15.3 Å². The van der Waals surface area contributed by atoms with E-state index in [1.54, 1.807) is 18.2 Å². The molecule has 0 aliphatic heterocycles. The molecule has 7 heteroatoms. The number of nitrogens with one attached hydrogen (secondary N) is 2. The average molecular weight is 387 g/mol. The normalized spacial score (nSPS) is 10.4. The minimum atomic E-state index is -0.254. The summed E-state index contributed by atoms with van der Waals surface area (Å²) in [5.41, 5.74) is 2.14. The molecule has 1 aromatic heterocycles. The van der Waals surface area contributed by atoms with E-state index in [1.807, 2.05) is 36.4 Å². The molecule has 3 rings (SSSR count). The Balaban J connectivity index is 1.58. The molecule has 0 saturated carbocycles. The summed E-state index contributed by atoms with van der Waals surface area (Å²) in [4.78, 5) is 20.6. The zero-order chi connectivity index (χ0) is 18.4. The lowest BCUT2D eigenvalue weighted by atomic mass is 10.1. The van der Waals surface area contributed by atoms with Gasteiger partial charge in [0.2, 0.25) is 5.95 Å². The predicted molar refractivity (Wildman–Crippen MR) is 104 cm³/mol. The Labute approximate surface area is 161 Å². The van der Waals surface area contributed by atoms with Crippen molar-refractivity contribution in [2.24, 2.45) is 0 Å². The molecule has 5 nitrogen and oxygen atoms in total. The largest absolute Gasteiger partial charge is 0.350 e. The highest BCUT2D eigenvalue weighted by atomic mass is 35.5. The van der Waals surface area contributed by atoms with Gasteiger partial charge in [0.15, 0.2) is 0 Å². The summed E-state index contributed by atoms with van der Waals surface area (Å²) in [5, 5.41) is 7.18. The molecule has 0 aliphatic carbocycles. The summed E-state index contributed by atoms with van der Waals surface area (Å²) >= 11 is 11.8. The molecule has 2 N–H and O–H groups in total. The Morgan fingerprint density at radius 3 is 2.58 bits per heavy atom. The minimum absolute atomic E-state index is 0.254. The van der Waals surface area contributed by atoms with Crippen molar-refractivity contribution in [2.75, 3.05) is 11.9 Å². The molecule has 0 bridgehead atoms. The van der Waals surface area contributed by atoms with Gasteiger partial charge in [0.25, 0.3) is 5.91 Å². The number of benzene rings is 2. The van der Waals surface area contributed by atoms with Gasteiger partial charge in [0.1, 0.15) is 5.69 Å². The van der Waals surface area contributed by atoms with Crippen molar-refractivity contribution in [3.05, 3.63) is 82.1 Å². The van der Waals surface area contributed by atoms with Gasteiger partial charge in [0, 0.05) is 28.5 Å². The summed E-state index contributed by atoms with van der Waals surface area (Å²) in [6.07, 6.45) is 2.25. The van der Waals surface area contributed by atoms with Crippen LogP contribution in [0.1, 0.15) is 16.1 Å². The molecular weight excluding hydrogens is 371 g/mol. The van der Waals surface area contributed by atoms with Gasteiger partial charge >= 0.3 is 0 Å². The van der Waals surface area contributed by atoms with Crippen LogP contribution in [0.5, 0.6) is 0 Å². The quantitative estimate of drug-likeness (QED) is 0.654. The number of aromatic nitrogens is 2. The van der Waals surface area contributed by atoms with E-state index >= 15 is 0 Å². The molecule has 0 unspecified atom stereocenters. The van der Waals surface area contributed by atoms with Gasteiger partial charge in [-0.3, -0.25) is 4.79 Å². The third kappa shape index (κ3) is 5.18. The molecule has 0 spiro atoms. The smallest absolute Gasteiger partial charge is 0.270 e. The van der Waals surface area contributed by atoms with E-state index in [0.29, 0.717) is 34.7 Å². The van der Waals surface area contributed by atoms with Crippen LogP contribution in [-0.2, 0) is 6.42 Å². The topological polar surface area (TPSA) is 66.9 Å². The van der Waals surface area contributed by atoms with Crippen LogP contribution < -0.4 is 10.6 Å². The highest BCUT2D eigenvalue weighted by Gasteiger charge is 2.09. The third-order valence-electron chi connectivity index (χ3n) is 3.58. The fourth-order valence-corrected chi connectivity index (χ4v) is 2.62. The van der Waals surface area contributed by atoms with Crippen molar-refractivity contribution < 1.29 is 4.79 Å². The van der Waals surface area contributed by atoms with Crippen LogP contribution in [0.15, 0.2) is 60.8 Å². The van der Waals surface area contributed by atoms with Gasteiger partial charge in [-0.1, -0.05) is 41.4 Å².